The van der Waals surface area contributed by atoms with Crippen LogP contribution in [0.3, 0.4) is 0 Å². The van der Waals surface area contributed by atoms with Crippen molar-refractivity contribution in [2.45, 2.75) is 62.8 Å². The summed E-state index contributed by atoms with van der Waals surface area (Å²) in [5, 5.41) is 7.57. The molecule has 2 aromatic heterocycles. The third-order valence-electron chi connectivity index (χ3n) is 7.30. The maximum atomic E-state index is 12.9. The van der Waals surface area contributed by atoms with Gasteiger partial charge in [-0.2, -0.15) is 13.2 Å². The molecule has 0 unspecified atom stereocenters. The normalized spacial score (nSPS) is 22.9. The summed E-state index contributed by atoms with van der Waals surface area (Å²) in [6, 6.07) is 14.5. The van der Waals surface area contributed by atoms with Crippen LogP contribution in [0.4, 0.5) is 24.7 Å². The predicted octanol–water partition coefficient (Wildman–Crippen LogP) is 6.14. The van der Waals surface area contributed by atoms with Crippen molar-refractivity contribution in [3.63, 3.8) is 0 Å². The first-order valence-corrected chi connectivity index (χ1v) is 12.8. The molecule has 3 heterocycles. The molecule has 1 aliphatic carbocycles. The highest BCUT2D eigenvalue weighted by atomic mass is 19.4. The molecule has 8 heteroatoms. The van der Waals surface area contributed by atoms with Crippen molar-refractivity contribution < 1.29 is 13.2 Å². The molecule has 3 atom stereocenters. The number of hydrogen-bond acceptors (Lipinski definition) is 5. The standard InChI is InChI=1S/C28H32F3N5/c29-28(30,31)22-7-9-24(10-8-22)36-17-3-4-23(19-36)34-25-5-1-2-6-26(25)35-27-18-21(13-16-33-27)20-11-14-32-15-12-20/h7-16,18,23,25-26,34H,1-6,17,19H2,(H,33,35)/t23-,25+,26+/m0/s1. The summed E-state index contributed by atoms with van der Waals surface area (Å²) in [6.07, 6.45) is 7.75. The molecule has 0 spiro atoms. The van der Waals surface area contributed by atoms with Crippen LogP contribution in [0.25, 0.3) is 11.1 Å². The quantitative estimate of drug-likeness (QED) is 0.430. The Bertz CT molecular complexity index is 1120. The SMILES string of the molecule is FC(F)(F)c1ccc(N2CCC[C@H](N[C@@H]3CCCC[C@H]3Nc3cc(-c4ccncc4)ccn3)C2)cc1. The van der Waals surface area contributed by atoms with E-state index in [0.29, 0.717) is 12.1 Å². The second kappa shape index (κ2) is 10.9. The molecule has 2 N–H and O–H groups in total. The lowest BCUT2D eigenvalue weighted by Gasteiger charge is -2.40. The van der Waals surface area contributed by atoms with E-state index < -0.39 is 11.7 Å². The van der Waals surface area contributed by atoms with E-state index in [1.165, 1.54) is 25.0 Å². The number of pyridine rings is 2. The van der Waals surface area contributed by atoms with E-state index >= 15 is 0 Å². The number of nitrogens with one attached hydrogen (secondary N) is 2. The van der Waals surface area contributed by atoms with Crippen LogP contribution in [0.1, 0.15) is 44.1 Å². The minimum atomic E-state index is -4.31. The number of aromatic nitrogens is 2. The molecule has 2 fully saturated rings. The van der Waals surface area contributed by atoms with Crippen molar-refractivity contribution in [3.8, 4) is 11.1 Å². The van der Waals surface area contributed by atoms with Crippen LogP contribution >= 0.6 is 0 Å². The van der Waals surface area contributed by atoms with E-state index in [0.717, 1.165) is 61.4 Å². The van der Waals surface area contributed by atoms with Gasteiger partial charge in [0, 0.05) is 55.5 Å². The summed E-state index contributed by atoms with van der Waals surface area (Å²) in [6.45, 7) is 1.66. The van der Waals surface area contributed by atoms with Crippen LogP contribution in [0.5, 0.6) is 0 Å². The van der Waals surface area contributed by atoms with Gasteiger partial charge in [0.1, 0.15) is 5.82 Å². The highest BCUT2D eigenvalue weighted by molar-refractivity contribution is 5.65. The number of nitrogens with zero attached hydrogens (tertiary/aromatic N) is 3. The Hall–Kier alpha value is -3.13. The van der Waals surface area contributed by atoms with E-state index in [9.17, 15) is 13.2 Å². The Morgan fingerprint density at radius 3 is 2.28 bits per heavy atom. The number of anilines is 2. The van der Waals surface area contributed by atoms with Crippen molar-refractivity contribution in [3.05, 3.63) is 72.7 Å². The van der Waals surface area contributed by atoms with Crippen molar-refractivity contribution in [2.24, 2.45) is 0 Å². The molecule has 3 aromatic rings. The van der Waals surface area contributed by atoms with Crippen molar-refractivity contribution in [1.29, 1.82) is 0 Å². The Labute approximate surface area is 210 Å². The van der Waals surface area contributed by atoms with Gasteiger partial charge in [0.05, 0.1) is 5.56 Å². The fourth-order valence-electron chi connectivity index (χ4n) is 5.44. The maximum absolute atomic E-state index is 12.9. The molecular weight excluding hydrogens is 463 g/mol. The molecular formula is C28H32F3N5. The van der Waals surface area contributed by atoms with Gasteiger partial charge in [-0.25, -0.2) is 4.98 Å². The predicted molar refractivity (Wildman–Crippen MR) is 137 cm³/mol. The summed E-state index contributed by atoms with van der Waals surface area (Å²) >= 11 is 0. The van der Waals surface area contributed by atoms with E-state index in [2.05, 4.69) is 31.6 Å². The Morgan fingerprint density at radius 1 is 0.806 bits per heavy atom. The average Bonchev–Trinajstić information content (AvgIpc) is 2.90. The van der Waals surface area contributed by atoms with Crippen LogP contribution in [0.2, 0.25) is 0 Å². The molecule has 190 valence electrons. The lowest BCUT2D eigenvalue weighted by Crippen LogP contribution is -2.55. The third kappa shape index (κ3) is 5.98. The number of piperidine rings is 1. The number of rotatable bonds is 6. The lowest BCUT2D eigenvalue weighted by atomic mass is 9.89. The zero-order chi connectivity index (χ0) is 25.0. The van der Waals surface area contributed by atoms with Crippen molar-refractivity contribution in [1.82, 2.24) is 15.3 Å². The first kappa shape index (κ1) is 24.6. The van der Waals surface area contributed by atoms with Gasteiger partial charge < -0.3 is 15.5 Å². The van der Waals surface area contributed by atoms with Gasteiger partial charge in [-0.3, -0.25) is 4.98 Å². The molecule has 1 saturated heterocycles. The molecule has 1 aliphatic heterocycles. The second-order valence-corrected chi connectivity index (χ2v) is 9.80. The van der Waals surface area contributed by atoms with Crippen LogP contribution in [0.15, 0.2) is 67.1 Å². The van der Waals surface area contributed by atoms with Gasteiger partial charge in [-0.1, -0.05) is 12.8 Å². The molecule has 0 amide bonds. The monoisotopic (exact) mass is 495 g/mol. The minimum absolute atomic E-state index is 0.278. The van der Waals surface area contributed by atoms with Crippen LogP contribution in [-0.2, 0) is 6.18 Å². The fourth-order valence-corrected chi connectivity index (χ4v) is 5.44. The van der Waals surface area contributed by atoms with E-state index in [-0.39, 0.29) is 6.04 Å². The maximum Gasteiger partial charge on any atom is 0.416 e. The zero-order valence-corrected chi connectivity index (χ0v) is 20.2. The minimum Gasteiger partial charge on any atom is -0.370 e. The Balaban J connectivity index is 1.23. The Morgan fingerprint density at radius 2 is 1.53 bits per heavy atom. The van der Waals surface area contributed by atoms with Crippen molar-refractivity contribution >= 4 is 11.5 Å². The first-order valence-electron chi connectivity index (χ1n) is 12.8. The van der Waals surface area contributed by atoms with Gasteiger partial charge in [0.15, 0.2) is 0 Å². The van der Waals surface area contributed by atoms with Crippen LogP contribution < -0.4 is 15.5 Å². The number of hydrogen-bond donors (Lipinski definition) is 2. The molecule has 1 saturated carbocycles. The van der Waals surface area contributed by atoms with Gasteiger partial charge in [0.25, 0.3) is 0 Å². The van der Waals surface area contributed by atoms with Gasteiger partial charge in [-0.15, -0.1) is 0 Å². The van der Waals surface area contributed by atoms with Gasteiger partial charge in [-0.05, 0) is 85.3 Å². The van der Waals surface area contributed by atoms with E-state index in [1.807, 2.05) is 24.4 Å². The van der Waals surface area contributed by atoms with Gasteiger partial charge in [0.2, 0.25) is 0 Å². The number of alkyl halides is 3. The summed E-state index contributed by atoms with van der Waals surface area (Å²) in [5.74, 6) is 0.873. The zero-order valence-electron chi connectivity index (χ0n) is 20.2. The lowest BCUT2D eigenvalue weighted by molar-refractivity contribution is -0.137. The summed E-state index contributed by atoms with van der Waals surface area (Å²) in [4.78, 5) is 10.9. The molecule has 36 heavy (non-hydrogen) atoms. The van der Waals surface area contributed by atoms with Crippen molar-refractivity contribution in [2.75, 3.05) is 23.3 Å². The van der Waals surface area contributed by atoms with Crippen LogP contribution in [0, 0.1) is 0 Å². The molecule has 5 nitrogen and oxygen atoms in total. The molecule has 2 aliphatic rings. The molecule has 0 radical (unpaired) electrons. The second-order valence-electron chi connectivity index (χ2n) is 9.80. The average molecular weight is 496 g/mol. The first-order chi connectivity index (χ1) is 17.5. The number of halogens is 3. The highest BCUT2D eigenvalue weighted by Crippen LogP contribution is 2.31. The Kier molecular flexibility index (Phi) is 7.41. The van der Waals surface area contributed by atoms with Gasteiger partial charge >= 0.3 is 6.18 Å². The highest BCUT2D eigenvalue weighted by Gasteiger charge is 2.31. The summed E-state index contributed by atoms with van der Waals surface area (Å²) in [5.41, 5.74) is 2.47. The number of benzene rings is 1. The fraction of sp³-hybridized carbons (Fsp3) is 0.429. The molecule has 0 bridgehead atoms. The molecule has 1 aromatic carbocycles. The van der Waals surface area contributed by atoms with E-state index in [4.69, 9.17) is 0 Å². The topological polar surface area (TPSA) is 53.1 Å². The summed E-state index contributed by atoms with van der Waals surface area (Å²) < 4.78 is 38.8. The van der Waals surface area contributed by atoms with E-state index in [1.54, 1.807) is 24.5 Å². The summed E-state index contributed by atoms with van der Waals surface area (Å²) in [7, 11) is 0. The van der Waals surface area contributed by atoms with Crippen LogP contribution in [-0.4, -0.2) is 41.2 Å². The smallest absolute Gasteiger partial charge is 0.370 e. The largest absolute Gasteiger partial charge is 0.416 e. The molecule has 5 rings (SSSR count). The third-order valence-corrected chi connectivity index (χ3v) is 7.30.